The van der Waals surface area contributed by atoms with Gasteiger partial charge in [0.25, 0.3) is 5.91 Å². The minimum Gasteiger partial charge on any atom is -0.493 e. The van der Waals surface area contributed by atoms with Crippen LogP contribution in [0.5, 0.6) is 5.75 Å². The zero-order valence-corrected chi connectivity index (χ0v) is 11.7. The summed E-state index contributed by atoms with van der Waals surface area (Å²) >= 11 is 0. The summed E-state index contributed by atoms with van der Waals surface area (Å²) in [5, 5.41) is 2.53. The summed E-state index contributed by atoms with van der Waals surface area (Å²) in [6.45, 7) is 0.181. The van der Waals surface area contributed by atoms with Crippen molar-refractivity contribution in [2.24, 2.45) is 0 Å². The van der Waals surface area contributed by atoms with E-state index >= 15 is 0 Å². The molecule has 0 spiro atoms. The zero-order valence-electron chi connectivity index (χ0n) is 11.7. The Hall–Kier alpha value is -2.57. The van der Waals surface area contributed by atoms with Crippen molar-refractivity contribution in [3.8, 4) is 5.75 Å². The maximum absolute atomic E-state index is 11.7. The first-order chi connectivity index (χ1) is 9.97. The van der Waals surface area contributed by atoms with E-state index in [-0.39, 0.29) is 37.2 Å². The molecule has 0 bridgehead atoms. The van der Waals surface area contributed by atoms with Gasteiger partial charge in [-0.1, -0.05) is 0 Å². The van der Waals surface area contributed by atoms with Crippen molar-refractivity contribution in [2.75, 3.05) is 19.4 Å². The monoisotopic (exact) mass is 291 g/mol. The van der Waals surface area contributed by atoms with Gasteiger partial charge in [-0.05, 0) is 24.3 Å². The van der Waals surface area contributed by atoms with Crippen molar-refractivity contribution in [1.29, 1.82) is 0 Å². The van der Waals surface area contributed by atoms with Gasteiger partial charge in [0.1, 0.15) is 11.8 Å². The smallest absolute Gasteiger partial charge is 0.252 e. The first-order valence-electron chi connectivity index (χ1n) is 6.55. The molecule has 0 aromatic heterocycles. The second-order valence-electron chi connectivity index (χ2n) is 4.78. The highest BCUT2D eigenvalue weighted by Gasteiger charge is 2.36. The van der Waals surface area contributed by atoms with Crippen molar-refractivity contribution in [3.05, 3.63) is 24.3 Å². The molecule has 1 aliphatic heterocycles. The van der Waals surface area contributed by atoms with Gasteiger partial charge >= 0.3 is 0 Å². The number of likely N-dealkylation sites (N-methyl/N-ethyl adjacent to an activating group) is 1. The van der Waals surface area contributed by atoms with Crippen LogP contribution < -0.4 is 15.8 Å². The highest BCUT2D eigenvalue weighted by atomic mass is 16.5. The summed E-state index contributed by atoms with van der Waals surface area (Å²) in [6.07, 6.45) is 0.117. The number of anilines is 1. The number of nitrogens with zero attached hydrogens (tertiary/aromatic N) is 1. The molecule has 2 rings (SSSR count). The number of hydrogen-bond donors (Lipinski definition) is 2. The maximum atomic E-state index is 11.7. The van der Waals surface area contributed by atoms with Gasteiger partial charge in [-0.3, -0.25) is 19.3 Å². The Kier molecular flexibility index (Phi) is 4.42. The summed E-state index contributed by atoms with van der Waals surface area (Å²) in [5.41, 5.74) is 6.18. The molecule has 7 nitrogen and oxygen atoms in total. The van der Waals surface area contributed by atoms with Crippen molar-refractivity contribution in [2.45, 2.75) is 18.9 Å². The molecule has 0 saturated carbocycles. The van der Waals surface area contributed by atoms with Crippen LogP contribution in [0.3, 0.4) is 0 Å². The van der Waals surface area contributed by atoms with E-state index in [1.165, 1.54) is 7.05 Å². The third-order valence-electron chi connectivity index (χ3n) is 3.19. The number of rotatable bonds is 5. The molecule has 0 radical (unpaired) electrons. The summed E-state index contributed by atoms with van der Waals surface area (Å²) in [6, 6.07) is 6.07. The highest BCUT2D eigenvalue weighted by Crippen LogP contribution is 2.13. The molecule has 1 aromatic rings. The van der Waals surface area contributed by atoms with Gasteiger partial charge < -0.3 is 15.8 Å². The van der Waals surface area contributed by atoms with Gasteiger partial charge in [-0.25, -0.2) is 0 Å². The fourth-order valence-corrected chi connectivity index (χ4v) is 1.96. The van der Waals surface area contributed by atoms with Crippen LogP contribution in [0.1, 0.15) is 12.8 Å². The number of likely N-dealkylation sites (tertiary alicyclic amines) is 1. The largest absolute Gasteiger partial charge is 0.493 e. The van der Waals surface area contributed by atoms with Crippen LogP contribution in [0, 0.1) is 0 Å². The lowest BCUT2D eigenvalue weighted by Crippen LogP contribution is -2.41. The molecule has 1 aromatic carbocycles. The van der Waals surface area contributed by atoms with Crippen LogP contribution >= 0.6 is 0 Å². The molecular weight excluding hydrogens is 274 g/mol. The van der Waals surface area contributed by atoms with E-state index in [0.29, 0.717) is 11.4 Å². The number of imide groups is 1. The second kappa shape index (κ2) is 6.25. The van der Waals surface area contributed by atoms with Gasteiger partial charge in [0.05, 0.1) is 19.4 Å². The van der Waals surface area contributed by atoms with Gasteiger partial charge in [0.2, 0.25) is 11.8 Å². The fourth-order valence-electron chi connectivity index (χ4n) is 1.96. The quantitative estimate of drug-likeness (QED) is 0.583. The molecule has 1 aliphatic rings. The normalized spacial score (nSPS) is 18.0. The number of carbonyl (C=O) groups excluding carboxylic acids is 3. The Morgan fingerprint density at radius 2 is 2.05 bits per heavy atom. The number of hydrogen-bond acceptors (Lipinski definition) is 5. The Morgan fingerprint density at radius 3 is 2.62 bits per heavy atom. The minimum atomic E-state index is -0.758. The zero-order chi connectivity index (χ0) is 15.4. The van der Waals surface area contributed by atoms with Gasteiger partial charge in [0.15, 0.2) is 0 Å². The summed E-state index contributed by atoms with van der Waals surface area (Å²) in [7, 11) is 1.40. The highest BCUT2D eigenvalue weighted by molar-refractivity contribution is 6.06. The van der Waals surface area contributed by atoms with Gasteiger partial charge in [0, 0.05) is 12.7 Å². The van der Waals surface area contributed by atoms with Crippen LogP contribution in [-0.2, 0) is 14.4 Å². The fraction of sp³-hybridized carbons (Fsp3) is 0.357. The van der Waals surface area contributed by atoms with Crippen LogP contribution in [-0.4, -0.2) is 42.3 Å². The summed E-state index contributed by atoms with van der Waals surface area (Å²) in [4.78, 5) is 35.7. The van der Waals surface area contributed by atoms with E-state index < -0.39 is 6.04 Å². The van der Waals surface area contributed by atoms with Crippen molar-refractivity contribution in [3.63, 3.8) is 0 Å². The number of nitrogen functional groups attached to an aromatic ring is 1. The summed E-state index contributed by atoms with van der Waals surface area (Å²) in [5.74, 6) is -0.382. The number of nitrogens with two attached hydrogens (primary N) is 1. The lowest BCUT2D eigenvalue weighted by Gasteiger charge is -2.11. The predicted molar refractivity (Wildman–Crippen MR) is 75.3 cm³/mol. The molecule has 0 aliphatic carbocycles. The van der Waals surface area contributed by atoms with E-state index in [4.69, 9.17) is 10.5 Å². The molecule has 112 valence electrons. The Labute approximate surface area is 122 Å². The first-order valence-corrected chi connectivity index (χ1v) is 6.55. The molecule has 1 atom stereocenters. The van der Waals surface area contributed by atoms with Crippen LogP contribution in [0.2, 0.25) is 0 Å². The van der Waals surface area contributed by atoms with Crippen LogP contribution in [0.15, 0.2) is 24.3 Å². The molecule has 3 amide bonds. The van der Waals surface area contributed by atoms with E-state index in [9.17, 15) is 14.4 Å². The molecule has 1 heterocycles. The first kappa shape index (κ1) is 14.8. The van der Waals surface area contributed by atoms with Crippen molar-refractivity contribution < 1.29 is 19.1 Å². The maximum Gasteiger partial charge on any atom is 0.252 e. The van der Waals surface area contributed by atoms with E-state index in [1.54, 1.807) is 24.3 Å². The molecule has 1 saturated heterocycles. The molecule has 1 unspecified atom stereocenters. The third kappa shape index (κ3) is 3.71. The second-order valence-corrected chi connectivity index (χ2v) is 4.78. The van der Waals surface area contributed by atoms with Crippen molar-refractivity contribution >= 4 is 23.4 Å². The lowest BCUT2D eigenvalue weighted by atomic mass is 10.2. The van der Waals surface area contributed by atoms with E-state index in [2.05, 4.69) is 5.32 Å². The van der Waals surface area contributed by atoms with Crippen LogP contribution in [0.4, 0.5) is 5.69 Å². The topological polar surface area (TPSA) is 102 Å². The average Bonchev–Trinajstić information content (AvgIpc) is 2.68. The predicted octanol–water partition coefficient (Wildman–Crippen LogP) is -0.0888. The number of carbonyl (C=O) groups is 3. The van der Waals surface area contributed by atoms with E-state index in [1.807, 2.05) is 0 Å². The Balaban J connectivity index is 1.74. The Morgan fingerprint density at radius 1 is 1.38 bits per heavy atom. The Bertz CT molecular complexity index is 556. The van der Waals surface area contributed by atoms with Gasteiger partial charge in [-0.15, -0.1) is 0 Å². The summed E-state index contributed by atoms with van der Waals surface area (Å²) < 4.78 is 5.39. The van der Waals surface area contributed by atoms with E-state index in [0.717, 1.165) is 4.90 Å². The SMILES string of the molecule is CN1C(=O)CC(NC(=O)CCOc2ccc(N)cc2)C1=O. The number of amides is 3. The minimum absolute atomic E-state index is 0.0138. The number of ether oxygens (including phenoxy) is 1. The molecule has 3 N–H and O–H groups in total. The molecule has 1 fully saturated rings. The number of benzene rings is 1. The van der Waals surface area contributed by atoms with Crippen LogP contribution in [0.25, 0.3) is 0 Å². The molecule has 7 heteroatoms. The lowest BCUT2D eigenvalue weighted by molar-refractivity contribution is -0.138. The number of nitrogens with one attached hydrogen (secondary N) is 1. The van der Waals surface area contributed by atoms with Gasteiger partial charge in [-0.2, -0.15) is 0 Å². The van der Waals surface area contributed by atoms with Crippen molar-refractivity contribution in [1.82, 2.24) is 10.2 Å². The average molecular weight is 291 g/mol. The molecule has 21 heavy (non-hydrogen) atoms. The third-order valence-corrected chi connectivity index (χ3v) is 3.19. The standard InChI is InChI=1S/C14H17N3O4/c1-17-13(19)8-11(14(17)20)16-12(18)6-7-21-10-4-2-9(15)3-5-10/h2-5,11H,6-8,15H2,1H3,(H,16,18). The molecular formula is C14H17N3O4.